The van der Waals surface area contributed by atoms with Crippen LogP contribution in [0.5, 0.6) is 0 Å². The Hall–Kier alpha value is -2.02. The van der Waals surface area contributed by atoms with E-state index in [1.165, 1.54) is 30.2 Å². The van der Waals surface area contributed by atoms with Gasteiger partial charge in [-0.15, -0.1) is 23.1 Å². The molecule has 0 aliphatic carbocycles. The molecule has 2 aliphatic heterocycles. The van der Waals surface area contributed by atoms with E-state index < -0.39 is 23.0 Å². The Morgan fingerprint density at radius 1 is 1.57 bits per heavy atom. The summed E-state index contributed by atoms with van der Waals surface area (Å²) in [7, 11) is 1.31. The summed E-state index contributed by atoms with van der Waals surface area (Å²) in [6.07, 6.45) is 0.107. The van der Waals surface area contributed by atoms with Crippen LogP contribution >= 0.6 is 34.9 Å². The molecular formula is C16H18N4O5S3. The Labute approximate surface area is 173 Å². The number of hydrogen-bond donors (Lipinski definition) is 4. The third-order valence-electron chi connectivity index (χ3n) is 4.28. The van der Waals surface area contributed by atoms with Crippen molar-refractivity contribution in [1.82, 2.24) is 10.2 Å². The minimum absolute atomic E-state index is 0.107. The van der Waals surface area contributed by atoms with Crippen molar-refractivity contribution in [2.75, 3.05) is 18.6 Å². The molecule has 1 unspecified atom stereocenters. The van der Waals surface area contributed by atoms with E-state index in [0.29, 0.717) is 11.3 Å². The Balaban J connectivity index is 1.81. The third-order valence-corrected chi connectivity index (χ3v) is 7.33. The Bertz CT molecular complexity index is 856. The Kier molecular flexibility index (Phi) is 6.03. The van der Waals surface area contributed by atoms with E-state index in [2.05, 4.69) is 5.32 Å². The summed E-state index contributed by atoms with van der Waals surface area (Å²) >= 11 is 3.73. The summed E-state index contributed by atoms with van der Waals surface area (Å²) in [5.74, 6) is -1.73. The number of hydrogen-bond acceptors (Lipinski definition) is 8. The lowest BCUT2D eigenvalue weighted by molar-refractivity contribution is -0.192. The summed E-state index contributed by atoms with van der Waals surface area (Å²) in [5.41, 5.74) is 4.09. The maximum Gasteiger partial charge on any atom is 0.352 e. The number of nitrogens with two attached hydrogens (primary N) is 1. The van der Waals surface area contributed by atoms with E-state index in [9.17, 15) is 19.5 Å². The molecule has 2 amide bonds. The zero-order valence-electron chi connectivity index (χ0n) is 14.8. The van der Waals surface area contributed by atoms with E-state index in [4.69, 9.17) is 15.9 Å². The lowest BCUT2D eigenvalue weighted by atomic mass is 9.98. The first-order chi connectivity index (χ1) is 13.3. The number of nitrogens with zero attached hydrogens (tertiary/aromatic N) is 1. The first kappa shape index (κ1) is 20.7. The monoisotopic (exact) mass is 442 g/mol. The number of carbonyl (C=O) groups excluding carboxylic acids is 2. The minimum Gasteiger partial charge on any atom is -0.477 e. The minimum atomic E-state index is -1.60. The fraction of sp³-hybridized carbons (Fsp3) is 0.375. The molecule has 3 rings (SSSR count). The van der Waals surface area contributed by atoms with Crippen molar-refractivity contribution in [2.45, 2.75) is 17.5 Å². The molecule has 1 aromatic rings. The smallest absolute Gasteiger partial charge is 0.352 e. The van der Waals surface area contributed by atoms with Crippen molar-refractivity contribution in [3.8, 4) is 0 Å². The SMILES string of the molecule is COC1(NC(=O)Cc2cccs2)C(=O)N2C(C(=O)O)=C(CSC(=N)N)CS[C@@H]21. The maximum atomic E-state index is 12.9. The Morgan fingerprint density at radius 3 is 2.89 bits per heavy atom. The number of carbonyl (C=O) groups is 3. The number of aliphatic carboxylic acids is 1. The summed E-state index contributed by atoms with van der Waals surface area (Å²) in [6, 6.07) is 3.65. The predicted octanol–water partition coefficient (Wildman–Crippen LogP) is 0.630. The van der Waals surface area contributed by atoms with Crippen LogP contribution in [0.1, 0.15) is 4.88 Å². The van der Waals surface area contributed by atoms with Gasteiger partial charge in [-0.2, -0.15) is 0 Å². The standard InChI is InChI=1S/C16H18N4O5S3/c1-25-16(19-10(21)5-9-3-2-4-26-9)13(24)20-11(12(22)23)8(6-27-14(16)20)7-28-15(17)18/h2-4,14H,5-7H2,1H3,(H3,17,18)(H,19,21)(H,22,23)/t14-,16?/m1/s1. The molecule has 2 aliphatic rings. The topological polar surface area (TPSA) is 146 Å². The third kappa shape index (κ3) is 3.64. The molecule has 0 radical (unpaired) electrons. The van der Waals surface area contributed by atoms with E-state index in [-0.39, 0.29) is 28.9 Å². The number of carboxylic acid groups (broad SMARTS) is 1. The fourth-order valence-corrected chi connectivity index (χ4v) is 5.88. The molecule has 9 nitrogen and oxygen atoms in total. The molecule has 1 aromatic heterocycles. The number of methoxy groups -OCH3 is 1. The van der Waals surface area contributed by atoms with Crippen LogP contribution in [-0.4, -0.2) is 62.7 Å². The van der Waals surface area contributed by atoms with E-state index in [1.807, 2.05) is 17.5 Å². The number of carboxylic acids is 1. The lowest BCUT2D eigenvalue weighted by Gasteiger charge is -2.55. The number of fused-ring (bicyclic) bond motifs is 1. The van der Waals surface area contributed by atoms with Gasteiger partial charge in [-0.3, -0.25) is 19.9 Å². The summed E-state index contributed by atoms with van der Waals surface area (Å²) in [6.45, 7) is 0. The highest BCUT2D eigenvalue weighted by Gasteiger charge is 2.66. The van der Waals surface area contributed by atoms with Gasteiger partial charge in [0.25, 0.3) is 11.6 Å². The van der Waals surface area contributed by atoms with Crippen LogP contribution in [0.3, 0.4) is 0 Å². The van der Waals surface area contributed by atoms with Crippen LogP contribution in [0.2, 0.25) is 0 Å². The van der Waals surface area contributed by atoms with Crippen molar-refractivity contribution in [1.29, 1.82) is 5.41 Å². The molecule has 0 spiro atoms. The fourth-order valence-electron chi connectivity index (χ4n) is 3.04. The van der Waals surface area contributed by atoms with Crippen molar-refractivity contribution in [3.63, 3.8) is 0 Å². The van der Waals surface area contributed by atoms with E-state index in [0.717, 1.165) is 21.5 Å². The first-order valence-corrected chi connectivity index (χ1v) is 11.0. The number of nitrogens with one attached hydrogen (secondary N) is 2. The number of ether oxygens (including phenoxy) is 1. The molecule has 150 valence electrons. The number of thioether (sulfide) groups is 2. The quantitative estimate of drug-likeness (QED) is 0.208. The van der Waals surface area contributed by atoms with Crippen LogP contribution in [0.15, 0.2) is 28.8 Å². The average molecular weight is 443 g/mol. The van der Waals surface area contributed by atoms with Crippen molar-refractivity contribution in [2.24, 2.45) is 5.73 Å². The molecule has 12 heteroatoms. The Morgan fingerprint density at radius 2 is 2.32 bits per heavy atom. The van der Waals surface area contributed by atoms with Crippen LogP contribution in [0, 0.1) is 5.41 Å². The van der Waals surface area contributed by atoms with Crippen molar-refractivity contribution >= 4 is 57.8 Å². The van der Waals surface area contributed by atoms with Gasteiger partial charge in [0.1, 0.15) is 11.1 Å². The highest BCUT2D eigenvalue weighted by atomic mass is 32.2. The van der Waals surface area contributed by atoms with Gasteiger partial charge in [0.2, 0.25) is 5.91 Å². The zero-order chi connectivity index (χ0) is 20.5. The second-order valence-electron chi connectivity index (χ2n) is 5.99. The molecule has 28 heavy (non-hydrogen) atoms. The molecule has 1 saturated heterocycles. The van der Waals surface area contributed by atoms with Crippen LogP contribution in [-0.2, 0) is 25.5 Å². The lowest BCUT2D eigenvalue weighted by Crippen LogP contribution is -2.80. The molecule has 0 bridgehead atoms. The van der Waals surface area contributed by atoms with Gasteiger partial charge in [-0.25, -0.2) is 4.79 Å². The number of β-lactam (4-membered cyclic amide) rings is 1. The normalized spacial score (nSPS) is 23.8. The van der Waals surface area contributed by atoms with E-state index in [1.54, 1.807) is 0 Å². The number of amides is 2. The highest BCUT2D eigenvalue weighted by molar-refractivity contribution is 8.13. The van der Waals surface area contributed by atoms with Gasteiger partial charge in [0.05, 0.1) is 6.42 Å². The largest absolute Gasteiger partial charge is 0.477 e. The molecule has 0 saturated carbocycles. The van der Waals surface area contributed by atoms with E-state index >= 15 is 0 Å². The molecule has 2 atom stereocenters. The van der Waals surface area contributed by atoms with Gasteiger partial charge in [-0.1, -0.05) is 17.8 Å². The van der Waals surface area contributed by atoms with Crippen LogP contribution in [0.25, 0.3) is 0 Å². The van der Waals surface area contributed by atoms with Gasteiger partial charge in [0, 0.05) is 23.5 Å². The molecule has 1 fully saturated rings. The van der Waals surface area contributed by atoms with Crippen LogP contribution < -0.4 is 11.1 Å². The number of thiophene rings is 1. The van der Waals surface area contributed by atoms with Crippen molar-refractivity contribution in [3.05, 3.63) is 33.7 Å². The number of rotatable bonds is 7. The second kappa shape index (κ2) is 8.15. The second-order valence-corrected chi connectivity index (χ2v) is 9.11. The highest BCUT2D eigenvalue weighted by Crippen LogP contribution is 2.47. The van der Waals surface area contributed by atoms with Gasteiger partial charge in [-0.05, 0) is 17.0 Å². The maximum absolute atomic E-state index is 12.9. The predicted molar refractivity (Wildman–Crippen MR) is 108 cm³/mol. The summed E-state index contributed by atoms with van der Waals surface area (Å²) in [5, 5.41) is 20.6. The molecule has 5 N–H and O–H groups in total. The average Bonchev–Trinajstić information content (AvgIpc) is 3.15. The van der Waals surface area contributed by atoms with Crippen molar-refractivity contribution < 1.29 is 24.2 Å². The summed E-state index contributed by atoms with van der Waals surface area (Å²) < 4.78 is 5.39. The number of amidine groups is 1. The molecule has 3 heterocycles. The molecule has 0 aromatic carbocycles. The van der Waals surface area contributed by atoms with Crippen LogP contribution in [0.4, 0.5) is 0 Å². The zero-order valence-corrected chi connectivity index (χ0v) is 17.2. The van der Waals surface area contributed by atoms with Gasteiger partial charge >= 0.3 is 5.97 Å². The first-order valence-electron chi connectivity index (χ1n) is 8.06. The van der Waals surface area contributed by atoms with Gasteiger partial charge in [0.15, 0.2) is 5.17 Å². The molecular weight excluding hydrogens is 424 g/mol. The van der Waals surface area contributed by atoms with Gasteiger partial charge < -0.3 is 20.9 Å². The summed E-state index contributed by atoms with van der Waals surface area (Å²) in [4.78, 5) is 39.1.